The zero-order valence-corrected chi connectivity index (χ0v) is 7.24. The molecule has 0 aromatic rings. The van der Waals surface area contributed by atoms with Crippen molar-refractivity contribution in [1.82, 2.24) is 0 Å². The zero-order valence-electron chi connectivity index (χ0n) is 7.24. The monoisotopic (exact) mass is 163 g/mol. The van der Waals surface area contributed by atoms with Crippen LogP contribution in [0.15, 0.2) is 0 Å². The molecule has 11 heavy (non-hydrogen) atoms. The van der Waals surface area contributed by atoms with Crippen LogP contribution in [0, 0.1) is 0 Å². The normalized spacial score (nSPS) is 14.3. The smallest absolute Gasteiger partial charge is 0.320 e. The maximum atomic E-state index is 10.00. The van der Waals surface area contributed by atoms with Crippen LogP contribution in [0.1, 0.15) is 27.2 Å². The van der Waals surface area contributed by atoms with Gasteiger partial charge in [-0.15, -0.1) is 0 Å². The van der Waals surface area contributed by atoms with Gasteiger partial charge in [-0.05, 0) is 13.3 Å². The fourth-order valence-electron chi connectivity index (χ4n) is 0.468. The minimum absolute atomic E-state index is 0.106. The molecule has 0 amide bonds. The largest absolute Gasteiger partial charge is 0.480 e. The van der Waals surface area contributed by atoms with E-state index < -0.39 is 18.1 Å². The maximum Gasteiger partial charge on any atom is 0.320 e. The Morgan fingerprint density at radius 1 is 1.55 bits per heavy atom. The van der Waals surface area contributed by atoms with E-state index in [0.29, 0.717) is 0 Å². The number of hydrogen-bond acceptors (Lipinski definition) is 3. The van der Waals surface area contributed by atoms with E-state index in [0.717, 1.165) is 0 Å². The van der Waals surface area contributed by atoms with Crippen molar-refractivity contribution >= 4 is 5.97 Å². The van der Waals surface area contributed by atoms with Gasteiger partial charge in [0.15, 0.2) is 0 Å². The van der Waals surface area contributed by atoms with E-state index in [4.69, 9.17) is 15.9 Å². The highest BCUT2D eigenvalue weighted by atomic mass is 16.4. The third kappa shape index (κ3) is 9.39. The fourth-order valence-corrected chi connectivity index (χ4v) is 0.468. The molecule has 0 spiro atoms. The minimum Gasteiger partial charge on any atom is -0.480 e. The summed E-state index contributed by atoms with van der Waals surface area (Å²) >= 11 is 0. The second-order valence-electron chi connectivity index (χ2n) is 2.03. The summed E-state index contributed by atoms with van der Waals surface area (Å²) < 4.78 is 0. The van der Waals surface area contributed by atoms with Crippen molar-refractivity contribution in [3.8, 4) is 0 Å². The summed E-state index contributed by atoms with van der Waals surface area (Å²) in [6, 6.07) is -0.940. The van der Waals surface area contributed by atoms with Gasteiger partial charge in [-0.3, -0.25) is 4.79 Å². The summed E-state index contributed by atoms with van der Waals surface area (Å²) in [6.45, 7) is 5.50. The van der Waals surface area contributed by atoms with Gasteiger partial charge >= 0.3 is 5.97 Å². The van der Waals surface area contributed by atoms with E-state index in [-0.39, 0.29) is 6.42 Å². The van der Waals surface area contributed by atoms with E-state index in [9.17, 15) is 4.79 Å². The Morgan fingerprint density at radius 3 is 2.00 bits per heavy atom. The van der Waals surface area contributed by atoms with Gasteiger partial charge < -0.3 is 15.9 Å². The first-order chi connectivity index (χ1) is 5.04. The van der Waals surface area contributed by atoms with Crippen LogP contribution in [0.25, 0.3) is 0 Å². The molecule has 0 aliphatic rings. The molecule has 0 saturated heterocycles. The van der Waals surface area contributed by atoms with Crippen molar-refractivity contribution in [3.63, 3.8) is 0 Å². The van der Waals surface area contributed by atoms with Gasteiger partial charge in [0.05, 0.1) is 6.10 Å². The van der Waals surface area contributed by atoms with E-state index in [1.807, 2.05) is 13.8 Å². The van der Waals surface area contributed by atoms with Gasteiger partial charge in [-0.25, -0.2) is 0 Å². The molecule has 0 aromatic carbocycles. The first-order valence-electron chi connectivity index (χ1n) is 3.70. The quantitative estimate of drug-likeness (QED) is 0.554. The second-order valence-corrected chi connectivity index (χ2v) is 2.03. The highest BCUT2D eigenvalue weighted by Crippen LogP contribution is 1.93. The third-order valence-corrected chi connectivity index (χ3v) is 0.912. The number of nitrogens with two attached hydrogens (primary N) is 1. The Kier molecular flexibility index (Phi) is 8.87. The molecule has 68 valence electrons. The number of rotatable bonds is 3. The van der Waals surface area contributed by atoms with Gasteiger partial charge in [0, 0.05) is 0 Å². The van der Waals surface area contributed by atoms with E-state index in [2.05, 4.69) is 0 Å². The molecule has 2 unspecified atom stereocenters. The molecule has 0 saturated carbocycles. The van der Waals surface area contributed by atoms with Gasteiger partial charge in [0.2, 0.25) is 0 Å². The molecule has 4 N–H and O–H groups in total. The zero-order chi connectivity index (χ0) is 9.44. The van der Waals surface area contributed by atoms with Crippen molar-refractivity contribution in [2.75, 3.05) is 0 Å². The molecular weight excluding hydrogens is 146 g/mol. The Hall–Kier alpha value is -0.610. The second kappa shape index (κ2) is 7.50. The SMILES string of the molecule is CC.CC(O)CC(N)C(=O)O. The third-order valence-electron chi connectivity index (χ3n) is 0.912. The minimum atomic E-state index is -1.07. The Labute approximate surface area is 67.0 Å². The van der Waals surface area contributed by atoms with Crippen molar-refractivity contribution in [2.24, 2.45) is 5.73 Å². The lowest BCUT2D eigenvalue weighted by Gasteiger charge is -2.06. The van der Waals surface area contributed by atoms with Crippen LogP contribution in [-0.2, 0) is 4.79 Å². The lowest BCUT2D eigenvalue weighted by molar-refractivity contribution is -0.139. The van der Waals surface area contributed by atoms with Crippen LogP contribution in [-0.4, -0.2) is 28.3 Å². The van der Waals surface area contributed by atoms with Crippen molar-refractivity contribution in [3.05, 3.63) is 0 Å². The summed E-state index contributed by atoms with van der Waals surface area (Å²) in [7, 11) is 0. The number of hydrogen-bond donors (Lipinski definition) is 3. The maximum absolute atomic E-state index is 10.00. The van der Waals surface area contributed by atoms with Crippen LogP contribution in [0.4, 0.5) is 0 Å². The number of carbonyl (C=O) groups is 1. The van der Waals surface area contributed by atoms with Crippen LogP contribution in [0.2, 0.25) is 0 Å². The van der Waals surface area contributed by atoms with E-state index >= 15 is 0 Å². The predicted octanol–water partition coefficient (Wildman–Crippen LogP) is 0.195. The number of aliphatic hydroxyl groups excluding tert-OH is 1. The van der Waals surface area contributed by atoms with Crippen molar-refractivity contribution in [1.29, 1.82) is 0 Å². The molecule has 0 aliphatic carbocycles. The molecule has 4 heteroatoms. The fraction of sp³-hybridized carbons (Fsp3) is 0.857. The van der Waals surface area contributed by atoms with E-state index in [1.165, 1.54) is 6.92 Å². The first kappa shape index (κ1) is 13.0. The Balaban J connectivity index is 0. The van der Waals surface area contributed by atoms with Crippen molar-refractivity contribution in [2.45, 2.75) is 39.3 Å². The summed E-state index contributed by atoms with van der Waals surface area (Å²) in [5, 5.41) is 16.8. The molecule has 0 fully saturated rings. The average Bonchev–Trinajstić information content (AvgIpc) is 1.90. The topological polar surface area (TPSA) is 83.5 Å². The summed E-state index contributed by atoms with van der Waals surface area (Å²) in [4.78, 5) is 10.00. The molecule has 0 bridgehead atoms. The molecule has 0 heterocycles. The molecule has 0 aliphatic heterocycles. The van der Waals surface area contributed by atoms with Gasteiger partial charge in [0.25, 0.3) is 0 Å². The number of carboxylic acids is 1. The molecular formula is C7H17NO3. The number of aliphatic carboxylic acids is 1. The van der Waals surface area contributed by atoms with Crippen LogP contribution in [0.3, 0.4) is 0 Å². The standard InChI is InChI=1S/C5H11NO3.C2H6/c1-3(7)2-4(6)5(8)9;1-2/h3-4,7H,2,6H2,1H3,(H,8,9);1-2H3. The van der Waals surface area contributed by atoms with Crippen LogP contribution in [0.5, 0.6) is 0 Å². The Morgan fingerprint density at radius 2 is 1.91 bits per heavy atom. The lowest BCUT2D eigenvalue weighted by Crippen LogP contribution is -2.33. The summed E-state index contributed by atoms with van der Waals surface area (Å²) in [6.07, 6.45) is -0.536. The lowest BCUT2D eigenvalue weighted by atomic mass is 10.1. The summed E-state index contributed by atoms with van der Waals surface area (Å²) in [5.41, 5.74) is 5.06. The summed E-state index contributed by atoms with van der Waals surface area (Å²) in [5.74, 6) is -1.07. The van der Waals surface area contributed by atoms with Gasteiger partial charge in [0.1, 0.15) is 6.04 Å². The highest BCUT2D eigenvalue weighted by Gasteiger charge is 2.12. The van der Waals surface area contributed by atoms with Gasteiger partial charge in [-0.2, -0.15) is 0 Å². The van der Waals surface area contributed by atoms with E-state index in [1.54, 1.807) is 0 Å². The molecule has 0 radical (unpaired) electrons. The van der Waals surface area contributed by atoms with Crippen molar-refractivity contribution < 1.29 is 15.0 Å². The molecule has 0 aromatic heterocycles. The highest BCUT2D eigenvalue weighted by molar-refractivity contribution is 5.73. The molecule has 2 atom stereocenters. The first-order valence-corrected chi connectivity index (χ1v) is 3.70. The Bertz CT molecular complexity index is 104. The van der Waals surface area contributed by atoms with Crippen LogP contribution >= 0.6 is 0 Å². The molecule has 0 rings (SSSR count). The van der Waals surface area contributed by atoms with Gasteiger partial charge in [-0.1, -0.05) is 13.8 Å². The molecule has 4 nitrogen and oxygen atoms in total. The number of aliphatic hydroxyl groups is 1. The van der Waals surface area contributed by atoms with Crippen LogP contribution < -0.4 is 5.73 Å². The number of carboxylic acid groups (broad SMARTS) is 1. The predicted molar refractivity (Wildman–Crippen MR) is 43.3 cm³/mol. The average molecular weight is 163 g/mol.